The summed E-state index contributed by atoms with van der Waals surface area (Å²) >= 11 is 6.00. The largest absolute Gasteiger partial charge is 0.478 e. The number of anilines is 1. The minimum Gasteiger partial charge on any atom is -0.478 e. The summed E-state index contributed by atoms with van der Waals surface area (Å²) in [6.07, 6.45) is -0.617. The summed E-state index contributed by atoms with van der Waals surface area (Å²) in [5.41, 5.74) is 5.56. The fraction of sp³-hybridized carbons (Fsp3) is 0.130. The number of halogens is 1. The molecule has 1 aliphatic carbocycles. The molecule has 146 valence electrons. The SMILES string of the molecule is Cc1cc(C(=O)O)c(Cl)cc1NC(=O)OCC1c2ccccc2-c2ccccc21. The Morgan fingerprint density at radius 2 is 1.62 bits per heavy atom. The van der Waals surface area contributed by atoms with Gasteiger partial charge in [-0.25, -0.2) is 9.59 Å². The highest BCUT2D eigenvalue weighted by Crippen LogP contribution is 2.44. The molecule has 0 spiro atoms. The van der Waals surface area contributed by atoms with Gasteiger partial charge in [0.15, 0.2) is 0 Å². The summed E-state index contributed by atoms with van der Waals surface area (Å²) in [5, 5.41) is 11.8. The summed E-state index contributed by atoms with van der Waals surface area (Å²) in [5.74, 6) is -1.15. The van der Waals surface area contributed by atoms with Crippen LogP contribution in [0, 0.1) is 6.92 Å². The molecule has 1 aliphatic rings. The zero-order valence-electron chi connectivity index (χ0n) is 15.6. The second-order valence-electron chi connectivity index (χ2n) is 6.90. The average Bonchev–Trinajstić information content (AvgIpc) is 3.02. The molecule has 3 aromatic rings. The molecule has 5 nitrogen and oxygen atoms in total. The molecule has 0 fully saturated rings. The number of aryl methyl sites for hydroxylation is 1. The first-order chi connectivity index (χ1) is 14.0. The summed E-state index contributed by atoms with van der Waals surface area (Å²) in [6, 6.07) is 19.0. The number of carbonyl (C=O) groups excluding carboxylic acids is 1. The van der Waals surface area contributed by atoms with E-state index < -0.39 is 12.1 Å². The van der Waals surface area contributed by atoms with Gasteiger partial charge in [-0.1, -0.05) is 60.1 Å². The molecular weight excluding hydrogens is 390 g/mol. The van der Waals surface area contributed by atoms with Gasteiger partial charge in [0, 0.05) is 11.6 Å². The van der Waals surface area contributed by atoms with Gasteiger partial charge in [0.1, 0.15) is 6.61 Å². The van der Waals surface area contributed by atoms with E-state index in [0.29, 0.717) is 11.3 Å². The van der Waals surface area contributed by atoms with Crippen molar-refractivity contribution in [1.29, 1.82) is 0 Å². The molecule has 0 radical (unpaired) electrons. The van der Waals surface area contributed by atoms with E-state index in [4.69, 9.17) is 21.4 Å². The van der Waals surface area contributed by atoms with Crippen molar-refractivity contribution in [2.75, 3.05) is 11.9 Å². The van der Waals surface area contributed by atoms with Gasteiger partial charge in [0.2, 0.25) is 0 Å². The number of hydrogen-bond donors (Lipinski definition) is 2. The molecule has 0 heterocycles. The van der Waals surface area contributed by atoms with Gasteiger partial charge in [-0.3, -0.25) is 5.32 Å². The second-order valence-corrected chi connectivity index (χ2v) is 7.31. The van der Waals surface area contributed by atoms with Crippen LogP contribution in [-0.4, -0.2) is 23.8 Å². The van der Waals surface area contributed by atoms with Crippen molar-refractivity contribution in [2.24, 2.45) is 0 Å². The van der Waals surface area contributed by atoms with Gasteiger partial charge in [-0.2, -0.15) is 0 Å². The van der Waals surface area contributed by atoms with E-state index in [1.165, 1.54) is 12.1 Å². The van der Waals surface area contributed by atoms with Crippen LogP contribution in [0.4, 0.5) is 10.5 Å². The van der Waals surface area contributed by atoms with E-state index in [2.05, 4.69) is 29.6 Å². The molecule has 3 aromatic carbocycles. The van der Waals surface area contributed by atoms with Crippen LogP contribution < -0.4 is 5.32 Å². The maximum absolute atomic E-state index is 12.4. The van der Waals surface area contributed by atoms with Gasteiger partial charge < -0.3 is 9.84 Å². The van der Waals surface area contributed by atoms with E-state index in [9.17, 15) is 9.59 Å². The number of fused-ring (bicyclic) bond motifs is 3. The lowest BCUT2D eigenvalue weighted by Crippen LogP contribution is -2.18. The van der Waals surface area contributed by atoms with Crippen LogP contribution in [0.5, 0.6) is 0 Å². The molecule has 4 rings (SSSR count). The molecule has 0 unspecified atom stereocenters. The van der Waals surface area contributed by atoms with Crippen LogP contribution in [0.3, 0.4) is 0 Å². The predicted octanol–water partition coefficient (Wildman–Crippen LogP) is 5.71. The molecule has 0 saturated carbocycles. The number of carboxylic acid groups (broad SMARTS) is 1. The van der Waals surface area contributed by atoms with Crippen molar-refractivity contribution in [1.82, 2.24) is 0 Å². The Kier molecular flexibility index (Phi) is 4.99. The summed E-state index contributed by atoms with van der Waals surface area (Å²) in [6.45, 7) is 1.89. The summed E-state index contributed by atoms with van der Waals surface area (Å²) in [4.78, 5) is 23.5. The highest BCUT2D eigenvalue weighted by atomic mass is 35.5. The predicted molar refractivity (Wildman–Crippen MR) is 112 cm³/mol. The van der Waals surface area contributed by atoms with Crippen LogP contribution in [0.1, 0.15) is 33.0 Å². The first kappa shape index (κ1) is 19.0. The third kappa shape index (κ3) is 3.57. The molecular formula is C23H18ClNO4. The number of ether oxygens (including phenoxy) is 1. The third-order valence-electron chi connectivity index (χ3n) is 5.12. The van der Waals surface area contributed by atoms with Crippen LogP contribution in [0.2, 0.25) is 5.02 Å². The quantitative estimate of drug-likeness (QED) is 0.581. The first-order valence-corrected chi connectivity index (χ1v) is 9.49. The molecule has 1 amide bonds. The highest BCUT2D eigenvalue weighted by molar-refractivity contribution is 6.33. The van der Waals surface area contributed by atoms with E-state index in [1.807, 2.05) is 24.3 Å². The van der Waals surface area contributed by atoms with Gasteiger partial charge in [-0.15, -0.1) is 0 Å². The molecule has 0 aromatic heterocycles. The Labute approximate surface area is 172 Å². The summed E-state index contributed by atoms with van der Waals surface area (Å²) < 4.78 is 5.51. The number of amides is 1. The maximum atomic E-state index is 12.4. The fourth-order valence-corrected chi connectivity index (χ4v) is 3.97. The zero-order valence-corrected chi connectivity index (χ0v) is 16.4. The smallest absolute Gasteiger partial charge is 0.411 e. The van der Waals surface area contributed by atoms with Crippen molar-refractivity contribution >= 4 is 29.4 Å². The highest BCUT2D eigenvalue weighted by Gasteiger charge is 2.29. The van der Waals surface area contributed by atoms with Crippen LogP contribution in [-0.2, 0) is 4.74 Å². The third-order valence-corrected chi connectivity index (χ3v) is 5.44. The molecule has 29 heavy (non-hydrogen) atoms. The van der Waals surface area contributed by atoms with E-state index in [0.717, 1.165) is 22.3 Å². The molecule has 2 N–H and O–H groups in total. The Balaban J connectivity index is 1.50. The molecule has 0 bridgehead atoms. The Morgan fingerprint density at radius 1 is 1.03 bits per heavy atom. The Hall–Kier alpha value is -3.31. The van der Waals surface area contributed by atoms with Crippen molar-refractivity contribution < 1.29 is 19.4 Å². The topological polar surface area (TPSA) is 75.6 Å². The lowest BCUT2D eigenvalue weighted by Gasteiger charge is -2.15. The van der Waals surface area contributed by atoms with Crippen molar-refractivity contribution in [2.45, 2.75) is 12.8 Å². The molecule has 0 atom stereocenters. The Morgan fingerprint density at radius 3 is 2.21 bits per heavy atom. The lowest BCUT2D eigenvalue weighted by molar-refractivity contribution is 0.0697. The fourth-order valence-electron chi connectivity index (χ4n) is 3.72. The number of hydrogen-bond acceptors (Lipinski definition) is 3. The normalized spacial score (nSPS) is 12.2. The monoisotopic (exact) mass is 407 g/mol. The lowest BCUT2D eigenvalue weighted by atomic mass is 9.98. The van der Waals surface area contributed by atoms with Gasteiger partial charge in [0.25, 0.3) is 0 Å². The van der Waals surface area contributed by atoms with Gasteiger partial charge in [0.05, 0.1) is 10.6 Å². The number of benzene rings is 3. The van der Waals surface area contributed by atoms with Crippen LogP contribution in [0.15, 0.2) is 60.7 Å². The average molecular weight is 408 g/mol. The van der Waals surface area contributed by atoms with Crippen LogP contribution >= 0.6 is 11.6 Å². The summed E-state index contributed by atoms with van der Waals surface area (Å²) in [7, 11) is 0. The minimum absolute atomic E-state index is 0.0118. The van der Waals surface area contributed by atoms with Crippen molar-refractivity contribution in [3.05, 3.63) is 87.9 Å². The van der Waals surface area contributed by atoms with E-state index >= 15 is 0 Å². The van der Waals surface area contributed by atoms with Gasteiger partial charge in [-0.05, 0) is 46.9 Å². The van der Waals surface area contributed by atoms with E-state index in [1.54, 1.807) is 6.92 Å². The van der Waals surface area contributed by atoms with Crippen molar-refractivity contribution in [3.8, 4) is 11.1 Å². The number of carbonyl (C=O) groups is 2. The first-order valence-electron chi connectivity index (χ1n) is 9.11. The molecule has 0 saturated heterocycles. The number of carboxylic acids is 1. The van der Waals surface area contributed by atoms with Crippen molar-refractivity contribution in [3.63, 3.8) is 0 Å². The second kappa shape index (κ2) is 7.60. The minimum atomic E-state index is -1.12. The molecule has 0 aliphatic heterocycles. The van der Waals surface area contributed by atoms with Gasteiger partial charge >= 0.3 is 12.1 Å². The number of rotatable bonds is 4. The standard InChI is InChI=1S/C23H18ClNO4/c1-13-10-18(22(26)27)20(24)11-21(13)25-23(28)29-12-19-16-8-4-2-6-14(16)15-7-3-5-9-17(15)19/h2-11,19H,12H2,1H3,(H,25,28)(H,26,27). The maximum Gasteiger partial charge on any atom is 0.411 e. The number of nitrogens with one attached hydrogen (secondary N) is 1. The van der Waals surface area contributed by atoms with Crippen LogP contribution in [0.25, 0.3) is 11.1 Å². The number of aromatic carboxylic acids is 1. The Bertz CT molecular complexity index is 1080. The van der Waals surface area contributed by atoms with E-state index in [-0.39, 0.29) is 23.1 Å². The molecule has 6 heteroatoms. The zero-order chi connectivity index (χ0) is 20.5.